The summed E-state index contributed by atoms with van der Waals surface area (Å²) in [7, 11) is 1.54. The monoisotopic (exact) mass is 467 g/mol. The molecule has 0 saturated heterocycles. The number of carbonyl (C=O) groups excluding carboxylic acids is 3. The molecule has 3 amide bonds. The number of pyridine rings is 1. The smallest absolute Gasteiger partial charge is 0.254 e. The second kappa shape index (κ2) is 12.4. The Kier molecular flexibility index (Phi) is 9.04. The van der Waals surface area contributed by atoms with Gasteiger partial charge in [0.05, 0.1) is 18.7 Å². The number of hydrogen-bond donors (Lipinski definition) is 2. The van der Waals surface area contributed by atoms with E-state index in [1.165, 1.54) is 23.3 Å². The number of benzene rings is 1. The zero-order valence-electron chi connectivity index (χ0n) is 18.2. The van der Waals surface area contributed by atoms with E-state index in [0.717, 1.165) is 5.56 Å². The summed E-state index contributed by atoms with van der Waals surface area (Å²) in [6.07, 6.45) is 3.46. The Morgan fingerprint density at radius 1 is 1.09 bits per heavy atom. The molecule has 0 unspecified atom stereocenters. The lowest BCUT2D eigenvalue weighted by Gasteiger charge is -2.21. The fourth-order valence-electron chi connectivity index (χ4n) is 2.93. The van der Waals surface area contributed by atoms with Gasteiger partial charge in [0.2, 0.25) is 11.8 Å². The van der Waals surface area contributed by atoms with Crippen molar-refractivity contribution in [3.8, 4) is 0 Å². The predicted octanol–water partition coefficient (Wildman–Crippen LogP) is 2.12. The quantitative estimate of drug-likeness (QED) is 0.447. The first kappa shape index (κ1) is 24.0. The van der Waals surface area contributed by atoms with Gasteiger partial charge in [-0.3, -0.25) is 19.4 Å². The molecule has 2 aromatic heterocycles. The predicted molar refractivity (Wildman–Crippen MR) is 125 cm³/mol. The number of aromatic nitrogens is 2. The van der Waals surface area contributed by atoms with Gasteiger partial charge in [0.15, 0.2) is 5.13 Å². The summed E-state index contributed by atoms with van der Waals surface area (Å²) in [5, 5.41) is 7.60. The average Bonchev–Trinajstić information content (AvgIpc) is 3.27. The van der Waals surface area contributed by atoms with E-state index in [2.05, 4.69) is 20.6 Å². The summed E-state index contributed by atoms with van der Waals surface area (Å²) in [5.41, 5.74) is 1.95. The minimum Gasteiger partial charge on any atom is -0.383 e. The highest BCUT2D eigenvalue weighted by atomic mass is 32.1. The van der Waals surface area contributed by atoms with Crippen LogP contribution in [0.5, 0.6) is 0 Å². The van der Waals surface area contributed by atoms with Crippen molar-refractivity contribution >= 4 is 34.2 Å². The maximum Gasteiger partial charge on any atom is 0.254 e. The van der Waals surface area contributed by atoms with Gasteiger partial charge in [0.1, 0.15) is 6.54 Å². The van der Waals surface area contributed by atoms with Crippen molar-refractivity contribution in [2.75, 3.05) is 32.1 Å². The van der Waals surface area contributed by atoms with Crippen molar-refractivity contribution < 1.29 is 19.1 Å². The van der Waals surface area contributed by atoms with Crippen molar-refractivity contribution in [3.05, 3.63) is 77.1 Å². The highest BCUT2D eigenvalue weighted by Gasteiger charge is 2.19. The fourth-order valence-corrected chi connectivity index (χ4v) is 3.65. The van der Waals surface area contributed by atoms with Crippen LogP contribution < -0.4 is 10.6 Å². The first-order valence-electron chi connectivity index (χ1n) is 10.3. The molecule has 0 bridgehead atoms. The van der Waals surface area contributed by atoms with Crippen molar-refractivity contribution in [1.82, 2.24) is 20.2 Å². The molecule has 0 aliphatic rings. The molecule has 0 aliphatic carbocycles. The summed E-state index contributed by atoms with van der Waals surface area (Å²) in [6, 6.07) is 12.4. The van der Waals surface area contributed by atoms with Crippen LogP contribution in [0.2, 0.25) is 0 Å². The molecule has 10 heteroatoms. The van der Waals surface area contributed by atoms with Gasteiger partial charge in [0, 0.05) is 43.5 Å². The number of ether oxygens (including phenoxy) is 1. The molecule has 2 heterocycles. The highest BCUT2D eigenvalue weighted by molar-refractivity contribution is 7.13. The zero-order chi connectivity index (χ0) is 23.5. The van der Waals surface area contributed by atoms with E-state index in [4.69, 9.17) is 4.74 Å². The molecule has 0 aliphatic heterocycles. The van der Waals surface area contributed by atoms with Gasteiger partial charge in [-0.15, -0.1) is 11.3 Å². The van der Waals surface area contributed by atoms with E-state index >= 15 is 0 Å². The first-order chi connectivity index (χ1) is 16.0. The van der Waals surface area contributed by atoms with E-state index in [-0.39, 0.29) is 37.2 Å². The molecule has 33 heavy (non-hydrogen) atoms. The number of hydrogen-bond acceptors (Lipinski definition) is 7. The van der Waals surface area contributed by atoms with E-state index in [0.29, 0.717) is 29.5 Å². The molecular weight excluding hydrogens is 442 g/mol. The summed E-state index contributed by atoms with van der Waals surface area (Å²) < 4.78 is 5.07. The lowest BCUT2D eigenvalue weighted by molar-refractivity contribution is -0.120. The molecule has 9 nitrogen and oxygen atoms in total. The van der Waals surface area contributed by atoms with E-state index in [1.807, 2.05) is 12.1 Å². The summed E-state index contributed by atoms with van der Waals surface area (Å²) in [6.45, 7) is 0.823. The summed E-state index contributed by atoms with van der Waals surface area (Å²) in [4.78, 5) is 47.2. The van der Waals surface area contributed by atoms with Crippen LogP contribution in [0, 0.1) is 0 Å². The first-order valence-corrected chi connectivity index (χ1v) is 11.2. The third kappa shape index (κ3) is 7.78. The number of nitrogens with one attached hydrogen (secondary N) is 2. The average molecular weight is 468 g/mol. The maximum absolute atomic E-state index is 12.8. The Hall–Kier alpha value is -3.63. The highest BCUT2D eigenvalue weighted by Crippen LogP contribution is 2.16. The second-order valence-corrected chi connectivity index (χ2v) is 7.95. The molecule has 1 aromatic carbocycles. The number of anilines is 1. The molecule has 0 fully saturated rings. The molecule has 0 radical (unpaired) electrons. The molecule has 3 aromatic rings. The molecule has 0 spiro atoms. The number of thiazole rings is 1. The van der Waals surface area contributed by atoms with Gasteiger partial charge in [-0.25, -0.2) is 4.98 Å². The van der Waals surface area contributed by atoms with Crippen LogP contribution in [0.4, 0.5) is 5.13 Å². The SMILES string of the molecule is COCCN(CC(=O)Nc1nc(CC(=O)NCc2cccnc2)cs1)C(=O)c1ccccc1. The van der Waals surface area contributed by atoms with E-state index in [1.54, 1.807) is 48.1 Å². The van der Waals surface area contributed by atoms with Crippen molar-refractivity contribution in [1.29, 1.82) is 0 Å². The largest absolute Gasteiger partial charge is 0.383 e. The van der Waals surface area contributed by atoms with Crippen molar-refractivity contribution in [3.63, 3.8) is 0 Å². The van der Waals surface area contributed by atoms with Gasteiger partial charge in [-0.2, -0.15) is 0 Å². The number of carbonyl (C=O) groups is 3. The Morgan fingerprint density at radius 2 is 1.91 bits per heavy atom. The number of methoxy groups -OCH3 is 1. The maximum atomic E-state index is 12.8. The Balaban J connectivity index is 1.51. The summed E-state index contributed by atoms with van der Waals surface area (Å²) >= 11 is 1.22. The van der Waals surface area contributed by atoms with Gasteiger partial charge in [-0.05, 0) is 23.8 Å². The van der Waals surface area contributed by atoms with Crippen LogP contribution in [-0.2, 0) is 27.3 Å². The van der Waals surface area contributed by atoms with E-state index < -0.39 is 0 Å². The second-order valence-electron chi connectivity index (χ2n) is 7.09. The molecule has 172 valence electrons. The van der Waals surface area contributed by atoms with Crippen LogP contribution in [0.3, 0.4) is 0 Å². The van der Waals surface area contributed by atoms with Crippen LogP contribution in [-0.4, -0.2) is 59.4 Å². The minimum atomic E-state index is -0.377. The van der Waals surface area contributed by atoms with Crippen LogP contribution >= 0.6 is 11.3 Å². The Labute approximate surface area is 195 Å². The Bertz CT molecular complexity index is 1060. The zero-order valence-corrected chi connectivity index (χ0v) is 19.0. The van der Waals surface area contributed by atoms with Crippen LogP contribution in [0.25, 0.3) is 0 Å². The molecule has 0 atom stereocenters. The number of amides is 3. The van der Waals surface area contributed by atoms with E-state index in [9.17, 15) is 14.4 Å². The van der Waals surface area contributed by atoms with Crippen LogP contribution in [0.1, 0.15) is 21.6 Å². The molecule has 0 saturated carbocycles. The summed E-state index contributed by atoms with van der Waals surface area (Å²) in [5.74, 6) is -0.813. The van der Waals surface area contributed by atoms with Gasteiger partial charge in [0.25, 0.3) is 5.91 Å². The molecule has 2 N–H and O–H groups in total. The minimum absolute atomic E-state index is 0.0963. The lowest BCUT2D eigenvalue weighted by Crippen LogP contribution is -2.40. The number of rotatable bonds is 11. The topological polar surface area (TPSA) is 114 Å². The lowest BCUT2D eigenvalue weighted by atomic mass is 10.2. The van der Waals surface area contributed by atoms with Crippen molar-refractivity contribution in [2.24, 2.45) is 0 Å². The van der Waals surface area contributed by atoms with Gasteiger partial charge < -0.3 is 20.3 Å². The third-order valence-electron chi connectivity index (χ3n) is 4.56. The Morgan fingerprint density at radius 3 is 2.64 bits per heavy atom. The normalized spacial score (nSPS) is 10.5. The molecule has 3 rings (SSSR count). The standard InChI is InChI=1S/C23H25N5O4S/c1-32-11-10-28(22(31)18-7-3-2-4-8-18)15-21(30)27-23-26-19(16-33-23)12-20(29)25-14-17-6-5-9-24-13-17/h2-9,13,16H,10-12,14-15H2,1H3,(H,25,29)(H,26,27,30). The van der Waals surface area contributed by atoms with Crippen LogP contribution in [0.15, 0.2) is 60.2 Å². The van der Waals surface area contributed by atoms with Gasteiger partial charge in [-0.1, -0.05) is 24.3 Å². The van der Waals surface area contributed by atoms with Crippen molar-refractivity contribution in [2.45, 2.75) is 13.0 Å². The fraction of sp³-hybridized carbons (Fsp3) is 0.261. The number of nitrogens with zero attached hydrogens (tertiary/aromatic N) is 3. The van der Waals surface area contributed by atoms with Gasteiger partial charge >= 0.3 is 0 Å². The third-order valence-corrected chi connectivity index (χ3v) is 5.37. The molecular formula is C23H25N5O4S.